The number of nitrogens with two attached hydrogens (primary N) is 1. The van der Waals surface area contributed by atoms with Gasteiger partial charge in [0.15, 0.2) is 0 Å². The number of carbonyl (C=O) groups is 1. The SMILES string of the molecule is NC1=NC(=O)C(c2cccc(C3CC3)c2)O1. The van der Waals surface area contributed by atoms with E-state index in [4.69, 9.17) is 10.5 Å². The third kappa shape index (κ3) is 1.56. The summed E-state index contributed by atoms with van der Waals surface area (Å²) < 4.78 is 5.19. The number of amides is 1. The van der Waals surface area contributed by atoms with Gasteiger partial charge in [-0.25, -0.2) is 0 Å². The maximum atomic E-state index is 11.5. The van der Waals surface area contributed by atoms with Gasteiger partial charge >= 0.3 is 0 Å². The van der Waals surface area contributed by atoms with Crippen molar-refractivity contribution in [1.82, 2.24) is 0 Å². The monoisotopic (exact) mass is 216 g/mol. The van der Waals surface area contributed by atoms with Crippen LogP contribution in [-0.2, 0) is 9.53 Å². The van der Waals surface area contributed by atoms with Crippen LogP contribution in [0.2, 0.25) is 0 Å². The summed E-state index contributed by atoms with van der Waals surface area (Å²) in [6, 6.07) is 7.90. The molecule has 1 heterocycles. The van der Waals surface area contributed by atoms with Crippen LogP contribution in [0.4, 0.5) is 0 Å². The number of amidine groups is 1. The van der Waals surface area contributed by atoms with Crippen LogP contribution in [0.15, 0.2) is 29.3 Å². The molecular weight excluding hydrogens is 204 g/mol. The van der Waals surface area contributed by atoms with Gasteiger partial charge in [-0.05, 0) is 24.3 Å². The van der Waals surface area contributed by atoms with Crippen molar-refractivity contribution in [3.05, 3.63) is 35.4 Å². The lowest BCUT2D eigenvalue weighted by molar-refractivity contribution is -0.122. The van der Waals surface area contributed by atoms with Crippen LogP contribution < -0.4 is 5.73 Å². The topological polar surface area (TPSA) is 64.7 Å². The van der Waals surface area contributed by atoms with Crippen molar-refractivity contribution in [3.63, 3.8) is 0 Å². The zero-order chi connectivity index (χ0) is 11.1. The summed E-state index contributed by atoms with van der Waals surface area (Å²) in [4.78, 5) is 15.1. The van der Waals surface area contributed by atoms with Crippen LogP contribution in [0.25, 0.3) is 0 Å². The highest BCUT2D eigenvalue weighted by Crippen LogP contribution is 2.41. The van der Waals surface area contributed by atoms with Gasteiger partial charge in [-0.15, -0.1) is 0 Å². The second-order valence-corrected chi connectivity index (χ2v) is 4.23. The van der Waals surface area contributed by atoms with E-state index < -0.39 is 6.10 Å². The third-order valence-corrected chi connectivity index (χ3v) is 2.95. The summed E-state index contributed by atoms with van der Waals surface area (Å²) in [5.41, 5.74) is 7.49. The minimum atomic E-state index is -0.640. The highest BCUT2D eigenvalue weighted by Gasteiger charge is 2.31. The van der Waals surface area contributed by atoms with Gasteiger partial charge in [0.05, 0.1) is 0 Å². The molecule has 1 unspecified atom stereocenters. The third-order valence-electron chi connectivity index (χ3n) is 2.95. The Labute approximate surface area is 93.1 Å². The standard InChI is InChI=1S/C12H12N2O2/c13-12-14-11(15)10(16-12)9-3-1-2-8(6-9)7-4-5-7/h1-3,6-7,10H,4-5H2,(H2,13,14,15). The van der Waals surface area contributed by atoms with Crippen LogP contribution in [0.3, 0.4) is 0 Å². The summed E-state index contributed by atoms with van der Waals surface area (Å²) in [6.45, 7) is 0. The molecule has 1 aliphatic heterocycles. The molecule has 1 aromatic carbocycles. The molecule has 16 heavy (non-hydrogen) atoms. The lowest BCUT2D eigenvalue weighted by atomic mass is 10.0. The molecule has 0 aromatic heterocycles. The van der Waals surface area contributed by atoms with Crippen LogP contribution in [0, 0.1) is 0 Å². The quantitative estimate of drug-likeness (QED) is 0.814. The molecule has 4 heteroatoms. The molecule has 3 rings (SSSR count). The largest absolute Gasteiger partial charge is 0.447 e. The van der Waals surface area contributed by atoms with E-state index in [2.05, 4.69) is 11.1 Å². The van der Waals surface area contributed by atoms with Crippen LogP contribution in [0.5, 0.6) is 0 Å². The van der Waals surface area contributed by atoms with Crippen molar-refractivity contribution in [2.75, 3.05) is 0 Å². The molecule has 4 nitrogen and oxygen atoms in total. The van der Waals surface area contributed by atoms with E-state index in [1.165, 1.54) is 18.4 Å². The molecule has 0 spiro atoms. The number of hydrogen-bond acceptors (Lipinski definition) is 3. The number of carbonyl (C=O) groups excluding carboxylic acids is 1. The average molecular weight is 216 g/mol. The van der Waals surface area contributed by atoms with Gasteiger partial charge in [-0.1, -0.05) is 24.3 Å². The van der Waals surface area contributed by atoms with Gasteiger partial charge in [0.25, 0.3) is 11.9 Å². The number of benzene rings is 1. The Hall–Kier alpha value is -1.84. The van der Waals surface area contributed by atoms with Gasteiger partial charge in [-0.2, -0.15) is 4.99 Å². The fraction of sp³-hybridized carbons (Fsp3) is 0.333. The van der Waals surface area contributed by atoms with Gasteiger partial charge in [0, 0.05) is 5.56 Å². The predicted molar refractivity (Wildman–Crippen MR) is 58.9 cm³/mol. The van der Waals surface area contributed by atoms with Crippen LogP contribution in [-0.4, -0.2) is 11.9 Å². The Kier molecular flexibility index (Phi) is 1.96. The molecule has 1 saturated carbocycles. The first-order valence-corrected chi connectivity index (χ1v) is 5.38. The minimum Gasteiger partial charge on any atom is -0.447 e. The number of aliphatic imine (C=N–C) groups is 1. The summed E-state index contributed by atoms with van der Waals surface area (Å²) in [7, 11) is 0. The van der Waals surface area contributed by atoms with Crippen molar-refractivity contribution in [1.29, 1.82) is 0 Å². The maximum absolute atomic E-state index is 11.5. The van der Waals surface area contributed by atoms with E-state index in [-0.39, 0.29) is 11.9 Å². The lowest BCUT2D eigenvalue weighted by Crippen LogP contribution is -2.14. The van der Waals surface area contributed by atoms with E-state index in [0.717, 1.165) is 5.56 Å². The second kappa shape index (κ2) is 3.33. The first-order chi connectivity index (χ1) is 7.74. The highest BCUT2D eigenvalue weighted by atomic mass is 16.5. The Morgan fingerprint density at radius 1 is 1.31 bits per heavy atom. The van der Waals surface area contributed by atoms with E-state index in [1.807, 2.05) is 18.2 Å². The Balaban J connectivity index is 1.89. The van der Waals surface area contributed by atoms with Crippen LogP contribution >= 0.6 is 0 Å². The van der Waals surface area contributed by atoms with Gasteiger partial charge in [0.2, 0.25) is 6.10 Å². The molecule has 82 valence electrons. The molecule has 0 saturated heterocycles. The van der Waals surface area contributed by atoms with E-state index in [0.29, 0.717) is 5.92 Å². The second-order valence-electron chi connectivity index (χ2n) is 4.23. The highest BCUT2D eigenvalue weighted by molar-refractivity contribution is 5.98. The van der Waals surface area contributed by atoms with Crippen molar-refractivity contribution in [2.24, 2.45) is 10.7 Å². The van der Waals surface area contributed by atoms with Crippen molar-refractivity contribution < 1.29 is 9.53 Å². The maximum Gasteiger partial charge on any atom is 0.296 e. The molecule has 1 aliphatic carbocycles. The van der Waals surface area contributed by atoms with E-state index >= 15 is 0 Å². The zero-order valence-corrected chi connectivity index (χ0v) is 8.72. The fourth-order valence-corrected chi connectivity index (χ4v) is 1.97. The molecular formula is C12H12N2O2. The number of rotatable bonds is 2. The Bertz CT molecular complexity index is 478. The molecule has 1 amide bonds. The summed E-state index contributed by atoms with van der Waals surface area (Å²) >= 11 is 0. The number of hydrogen-bond donors (Lipinski definition) is 1. The molecule has 1 aromatic rings. The minimum absolute atomic E-state index is 0.0353. The summed E-state index contributed by atoms with van der Waals surface area (Å²) in [5, 5.41) is 0. The summed E-state index contributed by atoms with van der Waals surface area (Å²) in [5.74, 6) is 0.347. The van der Waals surface area contributed by atoms with Crippen molar-refractivity contribution in [3.8, 4) is 0 Å². The van der Waals surface area contributed by atoms with Crippen molar-refractivity contribution >= 4 is 11.9 Å². The average Bonchev–Trinajstić information content (AvgIpc) is 3.05. The summed E-state index contributed by atoms with van der Waals surface area (Å²) in [6.07, 6.45) is 1.84. The normalized spacial score (nSPS) is 24.1. The van der Waals surface area contributed by atoms with Gasteiger partial charge in [0.1, 0.15) is 0 Å². The first-order valence-electron chi connectivity index (χ1n) is 5.38. The Morgan fingerprint density at radius 3 is 2.69 bits per heavy atom. The van der Waals surface area contributed by atoms with E-state index in [1.54, 1.807) is 0 Å². The number of ether oxygens (including phenoxy) is 1. The molecule has 1 fully saturated rings. The van der Waals surface area contributed by atoms with Gasteiger partial charge < -0.3 is 10.5 Å². The van der Waals surface area contributed by atoms with Crippen LogP contribution in [0.1, 0.15) is 36.0 Å². The molecule has 2 aliphatic rings. The zero-order valence-electron chi connectivity index (χ0n) is 8.72. The molecule has 0 radical (unpaired) electrons. The first kappa shape index (κ1) is 9.39. The Morgan fingerprint density at radius 2 is 2.06 bits per heavy atom. The molecule has 1 atom stereocenters. The number of nitrogens with zero attached hydrogens (tertiary/aromatic N) is 1. The predicted octanol–water partition coefficient (Wildman–Crippen LogP) is 1.48. The fourth-order valence-electron chi connectivity index (χ4n) is 1.97. The lowest BCUT2D eigenvalue weighted by Gasteiger charge is -2.09. The smallest absolute Gasteiger partial charge is 0.296 e. The van der Waals surface area contributed by atoms with Crippen molar-refractivity contribution in [2.45, 2.75) is 24.9 Å². The molecule has 2 N–H and O–H groups in total. The molecule has 0 bridgehead atoms. The van der Waals surface area contributed by atoms with Gasteiger partial charge in [-0.3, -0.25) is 4.79 Å². The van der Waals surface area contributed by atoms with E-state index in [9.17, 15) is 4.79 Å².